The van der Waals surface area contributed by atoms with Crippen molar-refractivity contribution in [3.05, 3.63) is 12.2 Å². The standard InChI is InChI=1S/C15H28N4O/c1-4-15(20,5-2)11-18-9-7-13(8-10-18)14-17-16-12-19(14)6-3/h12-13,20H,4-11H2,1-3H3. The average Bonchev–Trinajstić information content (AvgIpc) is 2.96. The van der Waals surface area contributed by atoms with Crippen molar-refractivity contribution in [2.45, 2.75) is 64.5 Å². The first kappa shape index (κ1) is 15.4. The highest BCUT2D eigenvalue weighted by molar-refractivity contribution is 4.99. The van der Waals surface area contributed by atoms with Gasteiger partial charge in [-0.3, -0.25) is 0 Å². The minimum atomic E-state index is -0.518. The molecule has 114 valence electrons. The van der Waals surface area contributed by atoms with Gasteiger partial charge in [0.1, 0.15) is 12.2 Å². The number of aryl methyl sites for hydroxylation is 1. The van der Waals surface area contributed by atoms with E-state index in [2.05, 4.69) is 40.4 Å². The van der Waals surface area contributed by atoms with Crippen molar-refractivity contribution >= 4 is 0 Å². The lowest BCUT2D eigenvalue weighted by Crippen LogP contribution is -2.45. The monoisotopic (exact) mass is 280 g/mol. The second-order valence-electron chi connectivity index (χ2n) is 5.96. The van der Waals surface area contributed by atoms with Gasteiger partial charge in [0.2, 0.25) is 0 Å². The molecular weight excluding hydrogens is 252 g/mol. The molecule has 0 saturated carbocycles. The molecule has 0 unspecified atom stereocenters. The van der Waals surface area contributed by atoms with E-state index in [0.29, 0.717) is 5.92 Å². The number of aliphatic hydroxyl groups is 1. The van der Waals surface area contributed by atoms with Crippen LogP contribution in [-0.2, 0) is 6.54 Å². The van der Waals surface area contributed by atoms with E-state index in [-0.39, 0.29) is 0 Å². The molecule has 1 aromatic rings. The Morgan fingerprint density at radius 1 is 1.25 bits per heavy atom. The van der Waals surface area contributed by atoms with Gasteiger partial charge in [-0.25, -0.2) is 0 Å². The maximum atomic E-state index is 10.4. The van der Waals surface area contributed by atoms with Crippen LogP contribution >= 0.6 is 0 Å². The van der Waals surface area contributed by atoms with Gasteiger partial charge in [-0.2, -0.15) is 0 Å². The third-order valence-electron chi connectivity index (χ3n) is 4.77. The molecule has 5 nitrogen and oxygen atoms in total. The average molecular weight is 280 g/mol. The summed E-state index contributed by atoms with van der Waals surface area (Å²) in [7, 11) is 0. The van der Waals surface area contributed by atoms with E-state index in [9.17, 15) is 5.11 Å². The number of likely N-dealkylation sites (tertiary alicyclic amines) is 1. The van der Waals surface area contributed by atoms with Gasteiger partial charge in [-0.05, 0) is 45.7 Å². The third-order valence-corrected chi connectivity index (χ3v) is 4.77. The summed E-state index contributed by atoms with van der Waals surface area (Å²) in [5, 5.41) is 18.8. The zero-order valence-electron chi connectivity index (χ0n) is 13.0. The molecule has 1 saturated heterocycles. The Morgan fingerprint density at radius 3 is 2.45 bits per heavy atom. The second kappa shape index (κ2) is 6.68. The number of β-amino-alcohol motifs (C(OH)–C–C–N with tert-alkyl or cyclic N) is 1. The van der Waals surface area contributed by atoms with Gasteiger partial charge in [-0.1, -0.05) is 13.8 Å². The molecule has 0 bridgehead atoms. The van der Waals surface area contributed by atoms with E-state index < -0.39 is 5.60 Å². The van der Waals surface area contributed by atoms with Crippen LogP contribution in [0, 0.1) is 0 Å². The van der Waals surface area contributed by atoms with E-state index in [0.717, 1.165) is 57.7 Å². The van der Waals surface area contributed by atoms with Gasteiger partial charge in [-0.15, -0.1) is 10.2 Å². The number of hydrogen-bond donors (Lipinski definition) is 1. The summed E-state index contributed by atoms with van der Waals surface area (Å²) in [5.41, 5.74) is -0.518. The van der Waals surface area contributed by atoms with Crippen LogP contribution in [0.15, 0.2) is 6.33 Å². The molecule has 0 atom stereocenters. The van der Waals surface area contributed by atoms with Crippen LogP contribution in [0.25, 0.3) is 0 Å². The normalized spacial score (nSPS) is 18.6. The first-order valence-corrected chi connectivity index (χ1v) is 7.94. The molecule has 0 aromatic carbocycles. The molecule has 1 aliphatic rings. The Bertz CT molecular complexity index is 406. The van der Waals surface area contributed by atoms with E-state index in [1.165, 1.54) is 0 Å². The van der Waals surface area contributed by atoms with Crippen LogP contribution in [0.2, 0.25) is 0 Å². The van der Waals surface area contributed by atoms with Crippen LogP contribution in [0.3, 0.4) is 0 Å². The summed E-state index contributed by atoms with van der Waals surface area (Å²) >= 11 is 0. The molecule has 20 heavy (non-hydrogen) atoms. The Balaban J connectivity index is 1.89. The molecule has 1 aromatic heterocycles. The molecular formula is C15H28N4O. The molecule has 0 aliphatic carbocycles. The highest BCUT2D eigenvalue weighted by atomic mass is 16.3. The quantitative estimate of drug-likeness (QED) is 0.866. The molecule has 2 heterocycles. The predicted molar refractivity (Wildman–Crippen MR) is 79.6 cm³/mol. The Labute approximate surface area is 122 Å². The van der Waals surface area contributed by atoms with E-state index in [1.54, 1.807) is 0 Å². The minimum Gasteiger partial charge on any atom is -0.389 e. The zero-order valence-corrected chi connectivity index (χ0v) is 13.0. The predicted octanol–water partition coefficient (Wildman–Crippen LogP) is 2.03. The lowest BCUT2D eigenvalue weighted by Gasteiger charge is -2.37. The summed E-state index contributed by atoms with van der Waals surface area (Å²) in [6, 6.07) is 0. The number of aromatic nitrogens is 3. The van der Waals surface area contributed by atoms with Crippen LogP contribution in [0.4, 0.5) is 0 Å². The molecule has 2 rings (SSSR count). The van der Waals surface area contributed by atoms with Gasteiger partial charge in [0, 0.05) is 19.0 Å². The SMILES string of the molecule is CCn1cnnc1C1CCN(CC(O)(CC)CC)CC1. The van der Waals surface area contributed by atoms with E-state index in [1.807, 2.05) is 6.33 Å². The van der Waals surface area contributed by atoms with Crippen LogP contribution in [0.5, 0.6) is 0 Å². The summed E-state index contributed by atoms with van der Waals surface area (Å²) in [5.74, 6) is 1.65. The fourth-order valence-electron chi connectivity index (χ4n) is 3.06. The fourth-order valence-corrected chi connectivity index (χ4v) is 3.06. The lowest BCUT2D eigenvalue weighted by molar-refractivity contribution is -0.00931. The molecule has 1 aliphatic heterocycles. The number of hydrogen-bond acceptors (Lipinski definition) is 4. The molecule has 0 radical (unpaired) electrons. The van der Waals surface area contributed by atoms with Crippen molar-refractivity contribution in [3.63, 3.8) is 0 Å². The number of rotatable bonds is 6. The van der Waals surface area contributed by atoms with Gasteiger partial charge < -0.3 is 14.6 Å². The Morgan fingerprint density at radius 2 is 1.90 bits per heavy atom. The Hall–Kier alpha value is -0.940. The van der Waals surface area contributed by atoms with Gasteiger partial charge in [0.25, 0.3) is 0 Å². The second-order valence-corrected chi connectivity index (χ2v) is 5.96. The summed E-state index contributed by atoms with van der Waals surface area (Å²) < 4.78 is 2.15. The van der Waals surface area contributed by atoms with Crippen molar-refractivity contribution in [2.24, 2.45) is 0 Å². The van der Waals surface area contributed by atoms with Crippen LogP contribution in [-0.4, -0.2) is 50.0 Å². The largest absolute Gasteiger partial charge is 0.389 e. The summed E-state index contributed by atoms with van der Waals surface area (Å²) in [6.07, 6.45) is 5.71. The van der Waals surface area contributed by atoms with Crippen molar-refractivity contribution in [3.8, 4) is 0 Å². The van der Waals surface area contributed by atoms with Crippen molar-refractivity contribution in [2.75, 3.05) is 19.6 Å². The van der Waals surface area contributed by atoms with Crippen molar-refractivity contribution in [1.82, 2.24) is 19.7 Å². The summed E-state index contributed by atoms with van der Waals surface area (Å²) in [4.78, 5) is 2.40. The molecule has 1 N–H and O–H groups in total. The highest BCUT2D eigenvalue weighted by Crippen LogP contribution is 2.28. The third kappa shape index (κ3) is 3.38. The minimum absolute atomic E-state index is 0.518. The fraction of sp³-hybridized carbons (Fsp3) is 0.867. The first-order valence-electron chi connectivity index (χ1n) is 7.94. The topological polar surface area (TPSA) is 54.2 Å². The van der Waals surface area contributed by atoms with Gasteiger partial charge in [0.15, 0.2) is 0 Å². The number of nitrogens with zero attached hydrogens (tertiary/aromatic N) is 4. The highest BCUT2D eigenvalue weighted by Gasteiger charge is 2.29. The number of piperidine rings is 1. The Kier molecular flexibility index (Phi) is 5.16. The van der Waals surface area contributed by atoms with Gasteiger partial charge in [0.05, 0.1) is 5.60 Å². The van der Waals surface area contributed by atoms with Crippen LogP contribution in [0.1, 0.15) is 58.2 Å². The van der Waals surface area contributed by atoms with Crippen molar-refractivity contribution in [1.29, 1.82) is 0 Å². The van der Waals surface area contributed by atoms with E-state index >= 15 is 0 Å². The van der Waals surface area contributed by atoms with Crippen LogP contribution < -0.4 is 0 Å². The maximum Gasteiger partial charge on any atom is 0.135 e. The zero-order chi connectivity index (χ0) is 14.6. The van der Waals surface area contributed by atoms with E-state index in [4.69, 9.17) is 0 Å². The maximum absolute atomic E-state index is 10.4. The van der Waals surface area contributed by atoms with Crippen molar-refractivity contribution < 1.29 is 5.11 Å². The molecule has 1 fully saturated rings. The molecule has 0 spiro atoms. The lowest BCUT2D eigenvalue weighted by atomic mass is 9.92. The molecule has 5 heteroatoms. The van der Waals surface area contributed by atoms with Gasteiger partial charge >= 0.3 is 0 Å². The summed E-state index contributed by atoms with van der Waals surface area (Å²) in [6.45, 7) is 10.1. The first-order chi connectivity index (χ1) is 9.61. The molecule has 0 amide bonds. The smallest absolute Gasteiger partial charge is 0.135 e.